The molecular formula is C14H15N5O. The molecule has 20 heavy (non-hydrogen) atoms. The summed E-state index contributed by atoms with van der Waals surface area (Å²) in [5.41, 5.74) is 2.04. The lowest BCUT2D eigenvalue weighted by molar-refractivity contribution is -0.120. The van der Waals surface area contributed by atoms with Gasteiger partial charge in [0.25, 0.3) is 0 Å². The second-order valence-corrected chi connectivity index (χ2v) is 4.65. The zero-order valence-corrected chi connectivity index (χ0v) is 11.1. The van der Waals surface area contributed by atoms with Gasteiger partial charge in [-0.1, -0.05) is 18.2 Å². The zero-order chi connectivity index (χ0) is 13.9. The van der Waals surface area contributed by atoms with Crippen LogP contribution in [-0.4, -0.2) is 25.7 Å². The van der Waals surface area contributed by atoms with Gasteiger partial charge in [-0.3, -0.25) is 9.48 Å². The second kappa shape index (κ2) is 5.16. The van der Waals surface area contributed by atoms with E-state index in [4.69, 9.17) is 0 Å². The maximum atomic E-state index is 11.9. The Labute approximate surface area is 115 Å². The van der Waals surface area contributed by atoms with Gasteiger partial charge in [-0.15, -0.1) is 0 Å². The number of H-pyrrole nitrogens is 1. The number of benzene rings is 1. The van der Waals surface area contributed by atoms with Gasteiger partial charge in [-0.25, -0.2) is 4.98 Å². The number of para-hydroxylation sites is 1. The summed E-state index contributed by atoms with van der Waals surface area (Å²) in [7, 11) is 1.80. The summed E-state index contributed by atoms with van der Waals surface area (Å²) < 4.78 is 1.61. The number of hydrogen-bond donors (Lipinski definition) is 2. The molecule has 0 saturated heterocycles. The summed E-state index contributed by atoms with van der Waals surface area (Å²) in [6, 6.07) is 7.94. The molecule has 0 radical (unpaired) electrons. The predicted molar refractivity (Wildman–Crippen MR) is 74.9 cm³/mol. The maximum Gasteiger partial charge on any atom is 0.224 e. The Morgan fingerprint density at radius 3 is 3.05 bits per heavy atom. The Bertz CT molecular complexity index is 743. The molecule has 2 aromatic heterocycles. The second-order valence-electron chi connectivity index (χ2n) is 4.65. The topological polar surface area (TPSA) is 75.6 Å². The minimum Gasteiger partial charge on any atom is -0.361 e. The Hall–Kier alpha value is -2.63. The van der Waals surface area contributed by atoms with Crippen molar-refractivity contribution in [2.24, 2.45) is 7.05 Å². The van der Waals surface area contributed by atoms with E-state index in [1.807, 2.05) is 30.5 Å². The fourth-order valence-corrected chi connectivity index (χ4v) is 2.16. The van der Waals surface area contributed by atoms with Crippen molar-refractivity contribution in [3.63, 3.8) is 0 Å². The summed E-state index contributed by atoms with van der Waals surface area (Å²) in [6.45, 7) is 0.349. The number of carbonyl (C=O) groups excluding carboxylic acids is 1. The van der Waals surface area contributed by atoms with Crippen LogP contribution in [0.3, 0.4) is 0 Å². The van der Waals surface area contributed by atoms with E-state index in [1.165, 1.54) is 0 Å². The van der Waals surface area contributed by atoms with E-state index in [0.717, 1.165) is 16.5 Å². The summed E-state index contributed by atoms with van der Waals surface area (Å²) in [6.07, 6.45) is 3.83. The molecule has 3 aromatic rings. The molecule has 2 heterocycles. The van der Waals surface area contributed by atoms with E-state index in [1.54, 1.807) is 18.1 Å². The number of aromatic amines is 1. The molecule has 0 aliphatic heterocycles. The lowest BCUT2D eigenvalue weighted by Gasteiger charge is -2.02. The number of aromatic nitrogens is 4. The highest BCUT2D eigenvalue weighted by molar-refractivity contribution is 5.88. The van der Waals surface area contributed by atoms with E-state index in [2.05, 4.69) is 20.4 Å². The van der Waals surface area contributed by atoms with Crippen LogP contribution in [-0.2, 0) is 24.8 Å². The third-order valence-electron chi connectivity index (χ3n) is 3.12. The van der Waals surface area contributed by atoms with Gasteiger partial charge in [-0.2, -0.15) is 5.10 Å². The Morgan fingerprint density at radius 2 is 2.25 bits per heavy atom. The molecule has 0 aliphatic rings. The van der Waals surface area contributed by atoms with E-state index in [9.17, 15) is 4.79 Å². The van der Waals surface area contributed by atoms with Crippen molar-refractivity contribution in [2.75, 3.05) is 0 Å². The van der Waals surface area contributed by atoms with Crippen molar-refractivity contribution in [3.8, 4) is 0 Å². The number of nitrogens with zero attached hydrogens (tertiary/aromatic N) is 3. The molecule has 0 aliphatic carbocycles. The quantitative estimate of drug-likeness (QED) is 0.746. The smallest absolute Gasteiger partial charge is 0.224 e. The molecule has 0 saturated carbocycles. The van der Waals surface area contributed by atoms with Gasteiger partial charge in [0.05, 0.1) is 13.0 Å². The molecule has 2 N–H and O–H groups in total. The minimum atomic E-state index is -0.0396. The molecule has 0 unspecified atom stereocenters. The van der Waals surface area contributed by atoms with Crippen molar-refractivity contribution >= 4 is 16.8 Å². The van der Waals surface area contributed by atoms with Gasteiger partial charge in [0, 0.05) is 24.1 Å². The van der Waals surface area contributed by atoms with Crippen LogP contribution in [0.2, 0.25) is 0 Å². The first-order chi connectivity index (χ1) is 9.72. The van der Waals surface area contributed by atoms with Crippen LogP contribution >= 0.6 is 0 Å². The van der Waals surface area contributed by atoms with Crippen LogP contribution in [0.5, 0.6) is 0 Å². The molecule has 1 aromatic carbocycles. The third-order valence-corrected chi connectivity index (χ3v) is 3.12. The van der Waals surface area contributed by atoms with Crippen molar-refractivity contribution in [1.29, 1.82) is 0 Å². The number of amides is 1. The van der Waals surface area contributed by atoms with Crippen molar-refractivity contribution < 1.29 is 4.79 Å². The number of carbonyl (C=O) groups is 1. The average molecular weight is 269 g/mol. The molecule has 6 nitrogen and oxygen atoms in total. The fourth-order valence-electron chi connectivity index (χ4n) is 2.16. The zero-order valence-electron chi connectivity index (χ0n) is 11.1. The summed E-state index contributed by atoms with van der Waals surface area (Å²) in [4.78, 5) is 19.2. The monoisotopic (exact) mass is 269 g/mol. The van der Waals surface area contributed by atoms with E-state index in [0.29, 0.717) is 18.8 Å². The van der Waals surface area contributed by atoms with Crippen molar-refractivity contribution in [3.05, 3.63) is 48.2 Å². The lowest BCUT2D eigenvalue weighted by atomic mass is 10.1. The third kappa shape index (κ3) is 2.54. The first-order valence-electron chi connectivity index (χ1n) is 6.38. The summed E-state index contributed by atoms with van der Waals surface area (Å²) >= 11 is 0. The van der Waals surface area contributed by atoms with Crippen LogP contribution in [0.1, 0.15) is 11.4 Å². The van der Waals surface area contributed by atoms with Crippen LogP contribution < -0.4 is 5.32 Å². The highest BCUT2D eigenvalue weighted by Crippen LogP contribution is 2.17. The first kappa shape index (κ1) is 12.4. The SMILES string of the molecule is Cn1cnc(CNC(=O)Cc2c[nH]c3ccccc23)n1. The van der Waals surface area contributed by atoms with E-state index < -0.39 is 0 Å². The Morgan fingerprint density at radius 1 is 1.40 bits per heavy atom. The summed E-state index contributed by atoms with van der Waals surface area (Å²) in [5.74, 6) is 0.571. The van der Waals surface area contributed by atoms with Crippen LogP contribution in [0.4, 0.5) is 0 Å². The maximum absolute atomic E-state index is 11.9. The number of fused-ring (bicyclic) bond motifs is 1. The van der Waals surface area contributed by atoms with E-state index in [-0.39, 0.29) is 5.91 Å². The molecule has 102 valence electrons. The van der Waals surface area contributed by atoms with Crippen LogP contribution in [0.15, 0.2) is 36.8 Å². The van der Waals surface area contributed by atoms with Crippen molar-refractivity contribution in [1.82, 2.24) is 25.1 Å². The number of nitrogens with one attached hydrogen (secondary N) is 2. The fraction of sp³-hybridized carbons (Fsp3) is 0.214. The van der Waals surface area contributed by atoms with Gasteiger partial charge in [0.2, 0.25) is 5.91 Å². The van der Waals surface area contributed by atoms with Gasteiger partial charge in [-0.05, 0) is 11.6 Å². The number of hydrogen-bond acceptors (Lipinski definition) is 3. The van der Waals surface area contributed by atoms with Crippen molar-refractivity contribution in [2.45, 2.75) is 13.0 Å². The van der Waals surface area contributed by atoms with Gasteiger partial charge < -0.3 is 10.3 Å². The molecule has 0 fully saturated rings. The number of rotatable bonds is 4. The van der Waals surface area contributed by atoms with Crippen LogP contribution in [0, 0.1) is 0 Å². The standard InChI is InChI=1S/C14H15N5O/c1-19-9-17-13(18-19)8-16-14(20)6-10-7-15-12-5-3-2-4-11(10)12/h2-5,7,9,15H,6,8H2,1H3,(H,16,20). The minimum absolute atomic E-state index is 0.0396. The molecule has 6 heteroatoms. The van der Waals surface area contributed by atoms with Gasteiger partial charge in [0.1, 0.15) is 6.33 Å². The molecule has 1 amide bonds. The predicted octanol–water partition coefficient (Wildman–Crippen LogP) is 1.16. The highest BCUT2D eigenvalue weighted by Gasteiger charge is 2.09. The average Bonchev–Trinajstić information content (AvgIpc) is 3.04. The first-order valence-corrected chi connectivity index (χ1v) is 6.38. The van der Waals surface area contributed by atoms with Crippen LogP contribution in [0.25, 0.3) is 10.9 Å². The number of aryl methyl sites for hydroxylation is 1. The molecule has 0 bridgehead atoms. The Kier molecular flexibility index (Phi) is 3.20. The molecular weight excluding hydrogens is 254 g/mol. The molecule has 0 spiro atoms. The molecule has 0 atom stereocenters. The summed E-state index contributed by atoms with van der Waals surface area (Å²) in [5, 5.41) is 8.02. The normalized spacial score (nSPS) is 10.8. The largest absolute Gasteiger partial charge is 0.361 e. The molecule has 3 rings (SSSR count). The van der Waals surface area contributed by atoms with E-state index >= 15 is 0 Å². The highest BCUT2D eigenvalue weighted by atomic mass is 16.1. The van der Waals surface area contributed by atoms with Gasteiger partial charge in [0.15, 0.2) is 5.82 Å². The lowest BCUT2D eigenvalue weighted by Crippen LogP contribution is -2.25. The Balaban J connectivity index is 1.64. The van der Waals surface area contributed by atoms with Gasteiger partial charge >= 0.3 is 0 Å².